The Morgan fingerprint density at radius 2 is 1.83 bits per heavy atom. The minimum Gasteiger partial charge on any atom is -0.511 e. The van der Waals surface area contributed by atoms with E-state index in [9.17, 15) is 38.8 Å². The third-order valence-electron chi connectivity index (χ3n) is 9.32. The van der Waals surface area contributed by atoms with Crippen LogP contribution in [-0.2, 0) is 11.2 Å². The summed E-state index contributed by atoms with van der Waals surface area (Å²) in [6.07, 6.45) is 3.93. The van der Waals surface area contributed by atoms with Gasteiger partial charge in [-0.1, -0.05) is 18.2 Å². The third-order valence-corrected chi connectivity index (χ3v) is 9.32. The molecule has 4 aliphatic rings. The molecule has 6 N–H and O–H groups in total. The molecule has 0 bridgehead atoms. The lowest BCUT2D eigenvalue weighted by Gasteiger charge is -2.52. The number of hydrogen-bond donors (Lipinski definition) is 5. The molecule has 11 heteroatoms. The summed E-state index contributed by atoms with van der Waals surface area (Å²) >= 11 is 0. The van der Waals surface area contributed by atoms with Crippen LogP contribution in [0.25, 0.3) is 6.08 Å². The van der Waals surface area contributed by atoms with E-state index in [-0.39, 0.29) is 54.3 Å². The molecule has 1 amide bonds. The number of carbonyl (C=O) groups is 2. The van der Waals surface area contributed by atoms with Gasteiger partial charge >= 0.3 is 0 Å². The van der Waals surface area contributed by atoms with Gasteiger partial charge < -0.3 is 26.2 Å². The fraction of sp³-hybridized carbons (Fsp3) is 0.533. The average Bonchev–Trinajstić information content (AvgIpc) is 2.85. The summed E-state index contributed by atoms with van der Waals surface area (Å²) in [7, 11) is 3.41. The van der Waals surface area contributed by atoms with Gasteiger partial charge in [-0.15, -0.1) is 0 Å². The minimum absolute atomic E-state index is 0.0640. The summed E-state index contributed by atoms with van der Waals surface area (Å²) in [5, 5.41) is 44.9. The Morgan fingerprint density at radius 3 is 2.44 bits per heavy atom. The maximum absolute atomic E-state index is 13.9. The van der Waals surface area contributed by atoms with E-state index in [2.05, 4.69) is 0 Å². The summed E-state index contributed by atoms with van der Waals surface area (Å²) in [5.74, 6) is -7.30. The number of aromatic hydroxyl groups is 1. The molecule has 0 saturated carbocycles. The van der Waals surface area contributed by atoms with Gasteiger partial charge in [0.2, 0.25) is 0 Å². The van der Waals surface area contributed by atoms with E-state index < -0.39 is 52.6 Å². The van der Waals surface area contributed by atoms with Gasteiger partial charge in [0.25, 0.3) is 11.8 Å². The first-order valence-electron chi connectivity index (χ1n) is 13.9. The largest absolute Gasteiger partial charge is 0.511 e. The van der Waals surface area contributed by atoms with E-state index in [0.717, 1.165) is 0 Å². The molecule has 1 aromatic rings. The Kier molecular flexibility index (Phi) is 7.28. The molecule has 4 unspecified atom stereocenters. The van der Waals surface area contributed by atoms with E-state index in [1.54, 1.807) is 25.1 Å². The molecule has 41 heavy (non-hydrogen) atoms. The number of aliphatic hydroxyl groups excluding tert-OH is 2. The molecule has 1 fully saturated rings. The standard InChI is InChI=1S/C30H37F2N3O6/c1-29(41)22-18(24(34(2)3)27(39)23(29)28(33)40)14-16-13-17-15(5-4-10-35-11-8-30(31,32)9-12-35)6-7-19(36)21(17)25(37)20(16)26(22)38/h4-7,16,18,22,24,36,38-39,41H,8-14H2,1-3H3,(H2,33,40)/b5-4+/t16?,18?,22?,24-,29?/m0/s1. The number of nitrogens with zero attached hydrogens (tertiary/aromatic N) is 2. The Hall–Kier alpha value is -3.28. The van der Waals surface area contributed by atoms with Gasteiger partial charge in [0.1, 0.15) is 22.9 Å². The lowest BCUT2D eigenvalue weighted by Crippen LogP contribution is -2.59. The number of likely N-dealkylation sites (tertiary alicyclic amines) is 1. The highest BCUT2D eigenvalue weighted by Gasteiger charge is 2.59. The number of aliphatic hydroxyl groups is 3. The highest BCUT2D eigenvalue weighted by Crippen LogP contribution is 2.54. The van der Waals surface area contributed by atoms with Crippen LogP contribution in [-0.4, -0.2) is 93.2 Å². The molecule has 0 aromatic heterocycles. The van der Waals surface area contributed by atoms with E-state index >= 15 is 0 Å². The molecule has 1 aliphatic heterocycles. The number of ketones is 1. The number of benzene rings is 1. The van der Waals surface area contributed by atoms with Crippen molar-refractivity contribution in [3.8, 4) is 5.75 Å². The van der Waals surface area contributed by atoms with Crippen molar-refractivity contribution in [1.29, 1.82) is 0 Å². The zero-order valence-electron chi connectivity index (χ0n) is 23.4. The summed E-state index contributed by atoms with van der Waals surface area (Å²) in [6, 6.07) is 2.36. The number of fused-ring (bicyclic) bond motifs is 3. The molecule has 1 heterocycles. The van der Waals surface area contributed by atoms with Gasteiger partial charge in [-0.3, -0.25) is 19.4 Å². The predicted molar refractivity (Wildman–Crippen MR) is 147 cm³/mol. The van der Waals surface area contributed by atoms with Crippen molar-refractivity contribution in [3.63, 3.8) is 0 Å². The van der Waals surface area contributed by atoms with E-state index in [1.807, 2.05) is 17.1 Å². The molecule has 0 radical (unpaired) electrons. The number of amides is 1. The van der Waals surface area contributed by atoms with Gasteiger partial charge in [0.15, 0.2) is 5.78 Å². The van der Waals surface area contributed by atoms with Gasteiger partial charge in [-0.25, -0.2) is 8.78 Å². The second kappa shape index (κ2) is 10.2. The number of halogens is 2. The number of phenols is 1. The second-order valence-corrected chi connectivity index (χ2v) is 12.2. The highest BCUT2D eigenvalue weighted by molar-refractivity contribution is 6.14. The number of likely N-dealkylation sites (N-methyl/N-ethyl adjacent to an activating group) is 1. The molecule has 1 saturated heterocycles. The first kappa shape index (κ1) is 29.2. The molecule has 1 aromatic carbocycles. The van der Waals surface area contributed by atoms with Crippen LogP contribution in [0.1, 0.15) is 47.7 Å². The van der Waals surface area contributed by atoms with Crippen LogP contribution >= 0.6 is 0 Å². The van der Waals surface area contributed by atoms with Gasteiger partial charge in [-0.05, 0) is 62.9 Å². The van der Waals surface area contributed by atoms with Crippen LogP contribution in [0.5, 0.6) is 5.75 Å². The number of phenolic OH excluding ortho intramolecular Hbond substituents is 1. The van der Waals surface area contributed by atoms with Crippen molar-refractivity contribution < 1.29 is 38.8 Å². The number of alkyl halides is 2. The number of piperidine rings is 1. The number of hydrogen-bond acceptors (Lipinski definition) is 8. The van der Waals surface area contributed by atoms with Crippen molar-refractivity contribution >= 4 is 17.8 Å². The summed E-state index contributed by atoms with van der Waals surface area (Å²) < 4.78 is 27.0. The molecule has 5 atom stereocenters. The average molecular weight is 574 g/mol. The van der Waals surface area contributed by atoms with E-state index in [1.165, 1.54) is 13.0 Å². The first-order valence-corrected chi connectivity index (χ1v) is 13.9. The summed E-state index contributed by atoms with van der Waals surface area (Å²) in [4.78, 5) is 29.8. The lowest BCUT2D eigenvalue weighted by atomic mass is 9.57. The molecular weight excluding hydrogens is 536 g/mol. The molecule has 0 spiro atoms. The normalized spacial score (nSPS) is 31.8. The van der Waals surface area contributed by atoms with Gasteiger partial charge in [0.05, 0.1) is 23.1 Å². The van der Waals surface area contributed by atoms with Crippen LogP contribution in [0, 0.1) is 17.8 Å². The summed E-state index contributed by atoms with van der Waals surface area (Å²) in [6.45, 7) is 2.34. The topological polar surface area (TPSA) is 148 Å². The third kappa shape index (κ3) is 4.83. The Morgan fingerprint density at radius 1 is 1.17 bits per heavy atom. The predicted octanol–water partition coefficient (Wildman–Crippen LogP) is 2.93. The van der Waals surface area contributed by atoms with Crippen molar-refractivity contribution in [3.05, 3.63) is 57.6 Å². The number of primary amides is 1. The smallest absolute Gasteiger partial charge is 0.251 e. The van der Waals surface area contributed by atoms with Crippen LogP contribution in [0.4, 0.5) is 8.78 Å². The van der Waals surface area contributed by atoms with Gasteiger partial charge in [0, 0.05) is 38.0 Å². The van der Waals surface area contributed by atoms with Crippen molar-refractivity contribution in [2.75, 3.05) is 33.7 Å². The number of carbonyl (C=O) groups excluding carboxylic acids is 2. The maximum atomic E-state index is 13.9. The zero-order chi connectivity index (χ0) is 30.0. The molecular formula is C30H37F2N3O6. The van der Waals surface area contributed by atoms with E-state index in [4.69, 9.17) is 5.73 Å². The maximum Gasteiger partial charge on any atom is 0.251 e. The van der Waals surface area contributed by atoms with Crippen LogP contribution in [0.15, 0.2) is 40.9 Å². The monoisotopic (exact) mass is 573 g/mol. The SMILES string of the molecule is CN(C)[C@@H]1C(O)=C(C(N)=O)C(C)(O)C2C(O)=C3C(=O)c4c(O)ccc(/C=C/CN5CCC(F)(F)CC5)c4CC3CC21. The number of Topliss-reactive ketones (excluding diaryl/α,β-unsaturated/α-hetero) is 1. The fourth-order valence-electron chi connectivity index (χ4n) is 7.47. The lowest BCUT2D eigenvalue weighted by molar-refractivity contribution is -0.120. The Labute approximate surface area is 237 Å². The Balaban J connectivity index is 1.52. The number of allylic oxidation sites excluding steroid dienone is 1. The minimum atomic E-state index is -2.63. The van der Waals surface area contributed by atoms with E-state index in [0.29, 0.717) is 30.5 Å². The molecule has 9 nitrogen and oxygen atoms in total. The number of nitrogens with two attached hydrogens (primary N) is 1. The second-order valence-electron chi connectivity index (χ2n) is 12.2. The van der Waals surface area contributed by atoms with Crippen molar-refractivity contribution in [2.45, 2.75) is 50.2 Å². The Bertz CT molecular complexity index is 1370. The van der Waals surface area contributed by atoms with Crippen molar-refractivity contribution in [1.82, 2.24) is 9.80 Å². The van der Waals surface area contributed by atoms with Crippen LogP contribution < -0.4 is 5.73 Å². The molecule has 5 rings (SSSR count). The van der Waals surface area contributed by atoms with Gasteiger partial charge in [-0.2, -0.15) is 0 Å². The van der Waals surface area contributed by atoms with Crippen molar-refractivity contribution in [2.24, 2.45) is 23.5 Å². The van der Waals surface area contributed by atoms with Crippen LogP contribution in [0.3, 0.4) is 0 Å². The highest BCUT2D eigenvalue weighted by atomic mass is 19.3. The molecule has 222 valence electrons. The zero-order valence-corrected chi connectivity index (χ0v) is 23.4. The quantitative estimate of drug-likeness (QED) is 0.361. The molecule has 3 aliphatic carbocycles. The van der Waals surface area contributed by atoms with Crippen LogP contribution in [0.2, 0.25) is 0 Å². The first-order chi connectivity index (χ1) is 19.2. The summed E-state index contributed by atoms with van der Waals surface area (Å²) in [5.41, 5.74) is 4.55. The fourth-order valence-corrected chi connectivity index (χ4v) is 7.47. The number of rotatable bonds is 5.